The number of rotatable bonds is 8. The molecule has 1 aromatic carbocycles. The average molecular weight is 427 g/mol. The monoisotopic (exact) mass is 427 g/mol. The Balaban J connectivity index is 1.40. The number of pyridine rings is 3. The fourth-order valence-corrected chi connectivity index (χ4v) is 3.25. The van der Waals surface area contributed by atoms with Gasteiger partial charge in [0.2, 0.25) is 0 Å². The van der Waals surface area contributed by atoms with E-state index in [0.717, 1.165) is 22.5 Å². The van der Waals surface area contributed by atoms with Gasteiger partial charge in [-0.15, -0.1) is 0 Å². The summed E-state index contributed by atoms with van der Waals surface area (Å²) in [5.74, 6) is -0.502. The van der Waals surface area contributed by atoms with Crippen LogP contribution in [0.2, 0.25) is 0 Å². The second-order valence-electron chi connectivity index (χ2n) is 7.13. The molecule has 0 fully saturated rings. The number of nitrogens with one attached hydrogen (secondary N) is 2. The van der Waals surface area contributed by atoms with Crippen LogP contribution in [0.5, 0.6) is 0 Å². The van der Waals surface area contributed by atoms with Crippen LogP contribution in [-0.4, -0.2) is 27.4 Å². The Bertz CT molecular complexity index is 1180. The molecule has 4 rings (SSSR count). The van der Waals surface area contributed by atoms with E-state index in [1.807, 2.05) is 42.5 Å². The van der Waals surface area contributed by atoms with Crippen molar-refractivity contribution in [3.8, 4) is 11.3 Å². The van der Waals surface area contributed by atoms with E-state index in [0.29, 0.717) is 30.8 Å². The molecule has 2 N–H and O–H groups in total. The molecule has 0 aliphatic rings. The van der Waals surface area contributed by atoms with Crippen molar-refractivity contribution in [3.63, 3.8) is 0 Å². The van der Waals surface area contributed by atoms with Crippen LogP contribution in [0, 0.1) is 5.82 Å². The van der Waals surface area contributed by atoms with Crippen LogP contribution in [0.15, 0.2) is 85.5 Å². The number of hydrogen-bond acceptors (Lipinski definition) is 5. The zero-order valence-corrected chi connectivity index (χ0v) is 17.3. The Kier molecular flexibility index (Phi) is 6.77. The fourth-order valence-electron chi connectivity index (χ4n) is 3.25. The van der Waals surface area contributed by atoms with Crippen LogP contribution >= 0.6 is 0 Å². The van der Waals surface area contributed by atoms with Gasteiger partial charge in [-0.3, -0.25) is 19.7 Å². The van der Waals surface area contributed by atoms with Crippen molar-refractivity contribution in [2.24, 2.45) is 0 Å². The highest BCUT2D eigenvalue weighted by Gasteiger charge is 2.10. The van der Waals surface area contributed by atoms with E-state index in [4.69, 9.17) is 0 Å². The summed E-state index contributed by atoms with van der Waals surface area (Å²) in [4.78, 5) is 25.0. The van der Waals surface area contributed by atoms with Crippen molar-refractivity contribution in [2.75, 3.05) is 11.9 Å². The maximum absolute atomic E-state index is 13.8. The van der Waals surface area contributed by atoms with Crippen LogP contribution in [0.25, 0.3) is 11.3 Å². The molecule has 0 aliphatic heterocycles. The summed E-state index contributed by atoms with van der Waals surface area (Å²) in [5, 5.41) is 6.20. The zero-order chi connectivity index (χ0) is 22.2. The van der Waals surface area contributed by atoms with Crippen molar-refractivity contribution in [1.82, 2.24) is 20.3 Å². The van der Waals surface area contributed by atoms with Gasteiger partial charge in [0.05, 0.1) is 17.0 Å². The number of benzene rings is 1. The molecule has 6 nitrogen and oxygen atoms in total. The highest BCUT2D eigenvalue weighted by Crippen LogP contribution is 2.26. The van der Waals surface area contributed by atoms with Crippen molar-refractivity contribution in [3.05, 3.63) is 108 Å². The maximum atomic E-state index is 13.8. The Hall–Kier alpha value is -4.13. The summed E-state index contributed by atoms with van der Waals surface area (Å²) in [5.41, 5.74) is 4.35. The third-order valence-corrected chi connectivity index (χ3v) is 4.92. The van der Waals surface area contributed by atoms with Crippen LogP contribution in [-0.2, 0) is 13.0 Å². The Morgan fingerprint density at radius 2 is 1.78 bits per heavy atom. The normalized spacial score (nSPS) is 10.5. The van der Waals surface area contributed by atoms with Gasteiger partial charge in [-0.05, 0) is 42.0 Å². The first-order valence-corrected chi connectivity index (χ1v) is 10.3. The minimum atomic E-state index is -0.304. The molecule has 3 aromatic heterocycles. The summed E-state index contributed by atoms with van der Waals surface area (Å²) in [6.07, 6.45) is 7.02. The van der Waals surface area contributed by atoms with Crippen LogP contribution in [0.4, 0.5) is 10.1 Å². The topological polar surface area (TPSA) is 79.8 Å². The predicted molar refractivity (Wildman–Crippen MR) is 121 cm³/mol. The van der Waals surface area contributed by atoms with E-state index in [2.05, 4.69) is 25.6 Å². The lowest BCUT2D eigenvalue weighted by Crippen LogP contribution is -2.22. The fraction of sp³-hybridized carbons (Fsp3) is 0.120. The number of carbonyl (C=O) groups is 1. The first-order chi connectivity index (χ1) is 15.7. The molecule has 160 valence electrons. The van der Waals surface area contributed by atoms with Gasteiger partial charge in [-0.2, -0.15) is 0 Å². The first kappa shape index (κ1) is 21.1. The summed E-state index contributed by atoms with van der Waals surface area (Å²) < 4.78 is 13.8. The highest BCUT2D eigenvalue weighted by molar-refractivity contribution is 5.94. The van der Waals surface area contributed by atoms with Gasteiger partial charge in [0.15, 0.2) is 0 Å². The van der Waals surface area contributed by atoms with Crippen molar-refractivity contribution < 1.29 is 9.18 Å². The van der Waals surface area contributed by atoms with Crippen molar-refractivity contribution >= 4 is 11.6 Å². The number of aromatic nitrogens is 3. The summed E-state index contributed by atoms with van der Waals surface area (Å²) >= 11 is 0. The molecule has 0 spiro atoms. The highest BCUT2D eigenvalue weighted by atomic mass is 19.1. The molecule has 7 heteroatoms. The van der Waals surface area contributed by atoms with E-state index >= 15 is 0 Å². The van der Waals surface area contributed by atoms with E-state index in [1.54, 1.807) is 36.9 Å². The van der Waals surface area contributed by atoms with E-state index < -0.39 is 0 Å². The van der Waals surface area contributed by atoms with Crippen LogP contribution in [0.1, 0.15) is 21.6 Å². The third-order valence-electron chi connectivity index (χ3n) is 4.92. The third kappa shape index (κ3) is 5.31. The standard InChI is InChI=1S/C25H22FN5O/c26-21-7-4-13-28-24(21)11-14-29-22-8-2-1-6-20(22)23-10-9-19(17-30-23)25(32)31-16-18-5-3-12-27-15-18/h1-10,12-13,15,17,29H,11,14,16H2,(H,31,32). The summed E-state index contributed by atoms with van der Waals surface area (Å²) in [6, 6.07) is 18.0. The van der Waals surface area contributed by atoms with Gasteiger partial charge in [-0.25, -0.2) is 4.39 Å². The van der Waals surface area contributed by atoms with Gasteiger partial charge >= 0.3 is 0 Å². The number of anilines is 1. The number of nitrogens with zero attached hydrogens (tertiary/aromatic N) is 3. The number of amides is 1. The van der Waals surface area contributed by atoms with Crippen molar-refractivity contribution in [1.29, 1.82) is 0 Å². The number of hydrogen-bond donors (Lipinski definition) is 2. The lowest BCUT2D eigenvalue weighted by molar-refractivity contribution is 0.0950. The lowest BCUT2D eigenvalue weighted by Gasteiger charge is -2.12. The molecule has 1 amide bonds. The van der Waals surface area contributed by atoms with E-state index in [-0.39, 0.29) is 11.7 Å². The maximum Gasteiger partial charge on any atom is 0.253 e. The molecule has 0 aliphatic carbocycles. The molecule has 0 unspecified atom stereocenters. The molecule has 0 bridgehead atoms. The minimum Gasteiger partial charge on any atom is -0.384 e. The average Bonchev–Trinajstić information content (AvgIpc) is 2.85. The number of halogens is 1. The van der Waals surface area contributed by atoms with Crippen molar-refractivity contribution in [2.45, 2.75) is 13.0 Å². The Morgan fingerprint density at radius 3 is 2.56 bits per heavy atom. The van der Waals surface area contributed by atoms with Crippen LogP contribution in [0.3, 0.4) is 0 Å². The molecular formula is C25H22FN5O. The van der Waals surface area contributed by atoms with Gasteiger partial charge in [0.1, 0.15) is 5.82 Å². The lowest BCUT2D eigenvalue weighted by atomic mass is 10.1. The molecule has 0 radical (unpaired) electrons. The predicted octanol–water partition coefficient (Wildman–Crippen LogP) is 4.26. The molecule has 32 heavy (non-hydrogen) atoms. The second-order valence-corrected chi connectivity index (χ2v) is 7.13. The van der Waals surface area contributed by atoms with Gasteiger partial charge in [-0.1, -0.05) is 24.3 Å². The van der Waals surface area contributed by atoms with E-state index in [9.17, 15) is 9.18 Å². The smallest absolute Gasteiger partial charge is 0.253 e. The SMILES string of the molecule is O=C(NCc1cccnc1)c1ccc(-c2ccccc2NCCc2ncccc2F)nc1. The number of carbonyl (C=O) groups excluding carboxylic acids is 1. The van der Waals surface area contributed by atoms with E-state index in [1.165, 1.54) is 6.07 Å². The first-order valence-electron chi connectivity index (χ1n) is 10.3. The largest absolute Gasteiger partial charge is 0.384 e. The zero-order valence-electron chi connectivity index (χ0n) is 17.3. The minimum absolute atomic E-state index is 0.197. The summed E-state index contributed by atoms with van der Waals surface area (Å²) in [7, 11) is 0. The quantitative estimate of drug-likeness (QED) is 0.439. The second kappa shape index (κ2) is 10.3. The van der Waals surface area contributed by atoms with Gasteiger partial charge in [0, 0.05) is 55.5 Å². The molecule has 0 saturated heterocycles. The van der Waals surface area contributed by atoms with Gasteiger partial charge in [0.25, 0.3) is 5.91 Å². The van der Waals surface area contributed by atoms with Gasteiger partial charge < -0.3 is 10.6 Å². The molecule has 0 atom stereocenters. The molecule has 4 aromatic rings. The number of para-hydroxylation sites is 1. The molecular weight excluding hydrogens is 405 g/mol. The Labute approximate surface area is 185 Å². The molecule has 3 heterocycles. The Morgan fingerprint density at radius 1 is 0.906 bits per heavy atom. The van der Waals surface area contributed by atoms with Crippen LogP contribution < -0.4 is 10.6 Å². The molecule has 0 saturated carbocycles. The summed E-state index contributed by atoms with van der Waals surface area (Å²) in [6.45, 7) is 0.928.